The van der Waals surface area contributed by atoms with Crippen molar-refractivity contribution >= 4 is 11.6 Å². The Bertz CT molecular complexity index is 340. The second kappa shape index (κ2) is 6.28. The number of rotatable bonds is 7. The standard InChI is InChI=1S/C12H18ClN3O/c1-16(6-7-17-9-10-2-3-10)8-11-4-5-12(13)15-14-11/h4-5,10H,2-3,6-9H2,1H3. The molecule has 0 radical (unpaired) electrons. The molecule has 1 aliphatic rings. The highest BCUT2D eigenvalue weighted by Crippen LogP contribution is 2.28. The Kier molecular flexibility index (Phi) is 4.71. The van der Waals surface area contributed by atoms with Crippen molar-refractivity contribution in [3.8, 4) is 0 Å². The molecule has 1 saturated carbocycles. The van der Waals surface area contributed by atoms with Crippen LogP contribution < -0.4 is 0 Å². The van der Waals surface area contributed by atoms with Crippen LogP contribution in [0.1, 0.15) is 18.5 Å². The molecule has 0 amide bonds. The molecule has 0 spiro atoms. The highest BCUT2D eigenvalue weighted by atomic mass is 35.5. The molecule has 94 valence electrons. The number of likely N-dealkylation sites (N-methyl/N-ethyl adjacent to an activating group) is 1. The predicted molar refractivity (Wildman–Crippen MR) is 66.9 cm³/mol. The summed E-state index contributed by atoms with van der Waals surface area (Å²) < 4.78 is 5.59. The minimum Gasteiger partial charge on any atom is -0.380 e. The number of ether oxygens (including phenoxy) is 1. The maximum Gasteiger partial charge on any atom is 0.151 e. The number of hydrogen-bond acceptors (Lipinski definition) is 4. The normalized spacial score (nSPS) is 15.5. The Morgan fingerprint density at radius 1 is 1.41 bits per heavy atom. The summed E-state index contributed by atoms with van der Waals surface area (Å²) in [7, 11) is 2.05. The number of hydrogen-bond donors (Lipinski definition) is 0. The zero-order chi connectivity index (χ0) is 12.1. The lowest BCUT2D eigenvalue weighted by molar-refractivity contribution is 0.101. The number of aromatic nitrogens is 2. The third-order valence-electron chi connectivity index (χ3n) is 2.79. The SMILES string of the molecule is CN(CCOCC1CC1)Cc1ccc(Cl)nn1. The molecule has 1 heterocycles. The lowest BCUT2D eigenvalue weighted by atomic mass is 10.3. The van der Waals surface area contributed by atoms with E-state index in [1.165, 1.54) is 12.8 Å². The van der Waals surface area contributed by atoms with Crippen molar-refractivity contribution in [1.29, 1.82) is 0 Å². The molecule has 0 aromatic carbocycles. The molecule has 0 bridgehead atoms. The summed E-state index contributed by atoms with van der Waals surface area (Å²) in [5.74, 6) is 0.836. The fourth-order valence-corrected chi connectivity index (χ4v) is 1.64. The van der Waals surface area contributed by atoms with Crippen molar-refractivity contribution in [3.63, 3.8) is 0 Å². The fourth-order valence-electron chi connectivity index (χ4n) is 1.54. The first-order chi connectivity index (χ1) is 8.24. The quantitative estimate of drug-likeness (QED) is 0.699. The molecule has 4 nitrogen and oxygen atoms in total. The Hall–Kier alpha value is -0.710. The molecule has 0 aliphatic heterocycles. The smallest absolute Gasteiger partial charge is 0.151 e. The van der Waals surface area contributed by atoms with Gasteiger partial charge in [0.2, 0.25) is 0 Å². The molecular weight excluding hydrogens is 238 g/mol. The van der Waals surface area contributed by atoms with E-state index in [2.05, 4.69) is 22.1 Å². The molecule has 0 N–H and O–H groups in total. The molecule has 0 atom stereocenters. The molecule has 1 fully saturated rings. The molecule has 5 heteroatoms. The van der Waals surface area contributed by atoms with Crippen LogP contribution in [0.15, 0.2) is 12.1 Å². The second-order valence-corrected chi connectivity index (χ2v) is 4.99. The lowest BCUT2D eigenvalue weighted by Gasteiger charge is -2.15. The van der Waals surface area contributed by atoms with Gasteiger partial charge in [0.05, 0.1) is 12.3 Å². The molecule has 1 aliphatic carbocycles. The fraction of sp³-hybridized carbons (Fsp3) is 0.667. The minimum atomic E-state index is 0.434. The first-order valence-electron chi connectivity index (χ1n) is 5.98. The van der Waals surface area contributed by atoms with E-state index in [9.17, 15) is 0 Å². The number of halogens is 1. The topological polar surface area (TPSA) is 38.2 Å². The second-order valence-electron chi connectivity index (χ2n) is 4.60. The van der Waals surface area contributed by atoms with E-state index in [1.807, 2.05) is 6.07 Å². The Balaban J connectivity index is 1.61. The monoisotopic (exact) mass is 255 g/mol. The maximum absolute atomic E-state index is 5.68. The Labute approximate surface area is 107 Å². The van der Waals surface area contributed by atoms with E-state index in [1.54, 1.807) is 6.07 Å². The average Bonchev–Trinajstić information content (AvgIpc) is 3.12. The van der Waals surface area contributed by atoms with Gasteiger partial charge < -0.3 is 4.74 Å². The van der Waals surface area contributed by atoms with Crippen LogP contribution in [0.5, 0.6) is 0 Å². The molecule has 0 saturated heterocycles. The Morgan fingerprint density at radius 3 is 2.88 bits per heavy atom. The van der Waals surface area contributed by atoms with Crippen LogP contribution >= 0.6 is 11.6 Å². The van der Waals surface area contributed by atoms with Gasteiger partial charge in [0, 0.05) is 19.7 Å². The first kappa shape index (κ1) is 12.7. The van der Waals surface area contributed by atoms with Crippen LogP contribution in [0.2, 0.25) is 5.15 Å². The molecule has 2 rings (SSSR count). The van der Waals surface area contributed by atoms with Gasteiger partial charge in [0.1, 0.15) is 0 Å². The highest BCUT2D eigenvalue weighted by Gasteiger charge is 2.20. The third kappa shape index (κ3) is 4.98. The molecule has 0 unspecified atom stereocenters. The van der Waals surface area contributed by atoms with Crippen molar-refractivity contribution in [2.75, 3.05) is 26.8 Å². The van der Waals surface area contributed by atoms with Gasteiger partial charge in [-0.25, -0.2) is 0 Å². The van der Waals surface area contributed by atoms with Crippen molar-refractivity contribution in [1.82, 2.24) is 15.1 Å². The first-order valence-corrected chi connectivity index (χ1v) is 6.36. The summed E-state index contributed by atoms with van der Waals surface area (Å²) in [6, 6.07) is 3.66. The summed E-state index contributed by atoms with van der Waals surface area (Å²) in [6.07, 6.45) is 2.69. The molecule has 17 heavy (non-hydrogen) atoms. The summed E-state index contributed by atoms with van der Waals surface area (Å²) in [5.41, 5.74) is 0.930. The van der Waals surface area contributed by atoms with Crippen LogP contribution in [0.25, 0.3) is 0 Å². The molecular formula is C12H18ClN3O. The summed E-state index contributed by atoms with van der Waals surface area (Å²) in [6.45, 7) is 3.40. The van der Waals surface area contributed by atoms with Crippen molar-refractivity contribution < 1.29 is 4.74 Å². The van der Waals surface area contributed by atoms with E-state index in [-0.39, 0.29) is 0 Å². The predicted octanol–water partition coefficient (Wildman–Crippen LogP) is 1.99. The van der Waals surface area contributed by atoms with Gasteiger partial charge in [0.25, 0.3) is 0 Å². The summed E-state index contributed by atoms with van der Waals surface area (Å²) in [5, 5.41) is 8.27. The highest BCUT2D eigenvalue weighted by molar-refractivity contribution is 6.29. The van der Waals surface area contributed by atoms with Gasteiger partial charge in [-0.05, 0) is 37.9 Å². The van der Waals surface area contributed by atoms with Crippen molar-refractivity contribution in [2.45, 2.75) is 19.4 Å². The van der Waals surface area contributed by atoms with E-state index in [4.69, 9.17) is 16.3 Å². The van der Waals surface area contributed by atoms with Crippen molar-refractivity contribution in [2.24, 2.45) is 5.92 Å². The minimum absolute atomic E-state index is 0.434. The van der Waals surface area contributed by atoms with Gasteiger partial charge in [-0.2, -0.15) is 5.10 Å². The van der Waals surface area contributed by atoms with Crippen LogP contribution in [-0.4, -0.2) is 41.9 Å². The summed E-state index contributed by atoms with van der Waals surface area (Å²) >= 11 is 5.68. The van der Waals surface area contributed by atoms with Gasteiger partial charge >= 0.3 is 0 Å². The lowest BCUT2D eigenvalue weighted by Crippen LogP contribution is -2.23. The zero-order valence-corrected chi connectivity index (χ0v) is 10.9. The average molecular weight is 256 g/mol. The van der Waals surface area contributed by atoms with Gasteiger partial charge in [-0.3, -0.25) is 4.90 Å². The van der Waals surface area contributed by atoms with E-state index in [0.717, 1.165) is 37.9 Å². The van der Waals surface area contributed by atoms with E-state index < -0.39 is 0 Å². The van der Waals surface area contributed by atoms with E-state index in [0.29, 0.717) is 5.15 Å². The molecule has 1 aromatic heterocycles. The Morgan fingerprint density at radius 2 is 2.24 bits per heavy atom. The van der Waals surface area contributed by atoms with Gasteiger partial charge in [-0.1, -0.05) is 11.6 Å². The van der Waals surface area contributed by atoms with Crippen LogP contribution in [0.3, 0.4) is 0 Å². The zero-order valence-electron chi connectivity index (χ0n) is 10.1. The van der Waals surface area contributed by atoms with Crippen LogP contribution in [0.4, 0.5) is 0 Å². The third-order valence-corrected chi connectivity index (χ3v) is 2.99. The van der Waals surface area contributed by atoms with Gasteiger partial charge in [-0.15, -0.1) is 5.10 Å². The van der Waals surface area contributed by atoms with Gasteiger partial charge in [0.15, 0.2) is 5.15 Å². The van der Waals surface area contributed by atoms with Crippen LogP contribution in [-0.2, 0) is 11.3 Å². The largest absolute Gasteiger partial charge is 0.380 e. The summed E-state index contributed by atoms with van der Waals surface area (Å²) in [4.78, 5) is 2.17. The van der Waals surface area contributed by atoms with E-state index >= 15 is 0 Å². The maximum atomic E-state index is 5.68. The van der Waals surface area contributed by atoms with Crippen LogP contribution in [0, 0.1) is 5.92 Å². The molecule has 1 aromatic rings. The number of nitrogens with zero attached hydrogens (tertiary/aromatic N) is 3. The van der Waals surface area contributed by atoms with Crippen molar-refractivity contribution in [3.05, 3.63) is 23.0 Å².